The van der Waals surface area contributed by atoms with Crippen LogP contribution in [0.3, 0.4) is 0 Å². The van der Waals surface area contributed by atoms with E-state index in [9.17, 15) is 4.39 Å². The van der Waals surface area contributed by atoms with Crippen LogP contribution < -0.4 is 0 Å². The van der Waals surface area contributed by atoms with Crippen molar-refractivity contribution in [3.05, 3.63) is 21.9 Å². The summed E-state index contributed by atoms with van der Waals surface area (Å²) in [7, 11) is 0. The Morgan fingerprint density at radius 2 is 1.93 bits per heavy atom. The summed E-state index contributed by atoms with van der Waals surface area (Å²) in [5.41, 5.74) is 0. The Bertz CT molecular complexity index is 332. The lowest BCUT2D eigenvalue weighted by Gasteiger charge is -2.06. The van der Waals surface area contributed by atoms with Gasteiger partial charge < -0.3 is 4.74 Å². The van der Waals surface area contributed by atoms with E-state index in [1.165, 1.54) is 0 Å². The maximum Gasteiger partial charge on any atom is 0.197 e. The zero-order valence-electron chi connectivity index (χ0n) is 7.14. The van der Waals surface area contributed by atoms with Crippen molar-refractivity contribution in [3.8, 4) is 0 Å². The summed E-state index contributed by atoms with van der Waals surface area (Å²) in [6.45, 7) is 1.21. The lowest BCUT2D eigenvalue weighted by molar-refractivity contribution is 0.193. The molecule has 0 bridgehead atoms. The van der Waals surface area contributed by atoms with E-state index in [0.29, 0.717) is 19.0 Å². The Labute approximate surface area is 90.2 Å². The maximum absolute atomic E-state index is 13.0. The fourth-order valence-corrected chi connectivity index (χ4v) is 1.73. The van der Waals surface area contributed by atoms with Crippen LogP contribution in [0, 0.1) is 5.82 Å². The van der Waals surface area contributed by atoms with Gasteiger partial charge in [-0.05, 0) is 6.42 Å². The third-order valence-electron chi connectivity index (χ3n) is 2.08. The third kappa shape index (κ3) is 1.82. The molecule has 1 aliphatic heterocycles. The number of ether oxygens (including phenoxy) is 1. The number of hydrogen-bond donors (Lipinski definition) is 0. The van der Waals surface area contributed by atoms with Gasteiger partial charge in [0.25, 0.3) is 0 Å². The number of hydrogen-bond acceptors (Lipinski definition) is 3. The molecule has 0 aliphatic carbocycles. The van der Waals surface area contributed by atoms with Crippen LogP contribution >= 0.6 is 23.2 Å². The van der Waals surface area contributed by atoms with Crippen molar-refractivity contribution in [1.29, 1.82) is 0 Å². The molecule has 0 saturated carbocycles. The molecule has 1 fully saturated rings. The van der Waals surface area contributed by atoms with Crippen molar-refractivity contribution >= 4 is 23.2 Å². The van der Waals surface area contributed by atoms with Gasteiger partial charge in [-0.3, -0.25) is 0 Å². The van der Waals surface area contributed by atoms with Crippen LogP contribution in [0.5, 0.6) is 0 Å². The second kappa shape index (κ2) is 3.96. The first-order valence-corrected chi connectivity index (χ1v) is 4.90. The number of halogens is 3. The van der Waals surface area contributed by atoms with E-state index in [0.717, 1.165) is 6.42 Å². The molecule has 0 N–H and O–H groups in total. The van der Waals surface area contributed by atoms with Gasteiger partial charge in [-0.15, -0.1) is 0 Å². The van der Waals surface area contributed by atoms with Gasteiger partial charge in [-0.25, -0.2) is 14.4 Å². The predicted molar refractivity (Wildman–Crippen MR) is 50.2 cm³/mol. The zero-order valence-corrected chi connectivity index (χ0v) is 8.65. The Kier molecular flexibility index (Phi) is 2.85. The summed E-state index contributed by atoms with van der Waals surface area (Å²) in [6.07, 6.45) is 0.818. The predicted octanol–water partition coefficient (Wildman–Crippen LogP) is 2.43. The topological polar surface area (TPSA) is 35.0 Å². The van der Waals surface area contributed by atoms with Crippen molar-refractivity contribution in [1.82, 2.24) is 9.97 Å². The van der Waals surface area contributed by atoms with Crippen LogP contribution in [-0.2, 0) is 4.74 Å². The molecule has 1 aliphatic rings. The van der Waals surface area contributed by atoms with E-state index < -0.39 is 5.82 Å². The zero-order chi connectivity index (χ0) is 10.1. The van der Waals surface area contributed by atoms with Gasteiger partial charge in [-0.2, -0.15) is 0 Å². The Hall–Kier alpha value is -0.450. The summed E-state index contributed by atoms with van der Waals surface area (Å²) in [5.74, 6) is -0.236. The first kappa shape index (κ1) is 10.1. The minimum atomic E-state index is -0.768. The summed E-state index contributed by atoms with van der Waals surface area (Å²) < 4.78 is 18.1. The summed E-state index contributed by atoms with van der Waals surface area (Å²) in [5, 5.41) is -0.459. The number of nitrogens with zero attached hydrogens (tertiary/aromatic N) is 2. The van der Waals surface area contributed by atoms with E-state index in [2.05, 4.69) is 9.97 Å². The van der Waals surface area contributed by atoms with Gasteiger partial charge in [-0.1, -0.05) is 23.2 Å². The molecule has 0 spiro atoms. The number of aromatic nitrogens is 2. The van der Waals surface area contributed by atoms with Gasteiger partial charge >= 0.3 is 0 Å². The molecular formula is C8H7Cl2FN2O. The molecule has 6 heteroatoms. The van der Waals surface area contributed by atoms with Crippen molar-refractivity contribution in [2.75, 3.05) is 13.2 Å². The van der Waals surface area contributed by atoms with E-state index in [-0.39, 0.29) is 16.2 Å². The highest BCUT2D eigenvalue weighted by molar-refractivity contribution is 6.33. The number of rotatable bonds is 1. The average Bonchev–Trinajstić information content (AvgIpc) is 2.66. The third-order valence-corrected chi connectivity index (χ3v) is 2.58. The van der Waals surface area contributed by atoms with Crippen LogP contribution in [-0.4, -0.2) is 23.2 Å². The molecule has 2 rings (SSSR count). The highest BCUT2D eigenvalue weighted by Gasteiger charge is 2.23. The Morgan fingerprint density at radius 3 is 2.43 bits per heavy atom. The van der Waals surface area contributed by atoms with Crippen LogP contribution in [0.4, 0.5) is 4.39 Å². The smallest absolute Gasteiger partial charge is 0.197 e. The minimum absolute atomic E-state index is 0.0746. The molecule has 0 aromatic carbocycles. The van der Waals surface area contributed by atoms with Crippen LogP contribution in [0.2, 0.25) is 10.3 Å². The molecule has 76 valence electrons. The van der Waals surface area contributed by atoms with Gasteiger partial charge in [0.05, 0.1) is 6.61 Å². The van der Waals surface area contributed by atoms with Crippen LogP contribution in [0.1, 0.15) is 18.2 Å². The van der Waals surface area contributed by atoms with Crippen LogP contribution in [0.15, 0.2) is 0 Å². The fourth-order valence-electron chi connectivity index (χ4n) is 1.33. The van der Waals surface area contributed by atoms with Gasteiger partial charge in [0.2, 0.25) is 0 Å². The van der Waals surface area contributed by atoms with Crippen molar-refractivity contribution in [3.63, 3.8) is 0 Å². The second-order valence-electron chi connectivity index (χ2n) is 3.04. The van der Waals surface area contributed by atoms with Crippen molar-refractivity contribution < 1.29 is 9.13 Å². The van der Waals surface area contributed by atoms with Crippen LogP contribution in [0.25, 0.3) is 0 Å². The SMILES string of the molecule is Fc1c(Cl)nc(C2CCOC2)nc1Cl. The van der Waals surface area contributed by atoms with Gasteiger partial charge in [0.15, 0.2) is 16.1 Å². The van der Waals surface area contributed by atoms with E-state index in [1.54, 1.807) is 0 Å². The van der Waals surface area contributed by atoms with Gasteiger partial charge in [0.1, 0.15) is 5.82 Å². The summed E-state index contributed by atoms with van der Waals surface area (Å²) in [6, 6.07) is 0. The Morgan fingerprint density at radius 1 is 1.29 bits per heavy atom. The molecule has 0 amide bonds. The summed E-state index contributed by atoms with van der Waals surface area (Å²) in [4.78, 5) is 7.66. The highest BCUT2D eigenvalue weighted by Crippen LogP contribution is 2.26. The lowest BCUT2D eigenvalue weighted by atomic mass is 10.1. The van der Waals surface area contributed by atoms with E-state index >= 15 is 0 Å². The molecule has 0 radical (unpaired) electrons. The molecule has 1 aromatic heterocycles. The van der Waals surface area contributed by atoms with Gasteiger partial charge in [0, 0.05) is 12.5 Å². The van der Waals surface area contributed by atoms with E-state index in [1.807, 2.05) is 0 Å². The fraction of sp³-hybridized carbons (Fsp3) is 0.500. The highest BCUT2D eigenvalue weighted by atomic mass is 35.5. The molecule has 2 heterocycles. The van der Waals surface area contributed by atoms with Crippen molar-refractivity contribution in [2.24, 2.45) is 0 Å². The van der Waals surface area contributed by atoms with E-state index in [4.69, 9.17) is 27.9 Å². The molecule has 3 nitrogen and oxygen atoms in total. The van der Waals surface area contributed by atoms with Crippen molar-refractivity contribution in [2.45, 2.75) is 12.3 Å². The summed E-state index contributed by atoms with van der Waals surface area (Å²) >= 11 is 11.1. The minimum Gasteiger partial charge on any atom is -0.381 e. The Balaban J connectivity index is 2.34. The second-order valence-corrected chi connectivity index (χ2v) is 3.75. The molecule has 1 saturated heterocycles. The first-order chi connectivity index (χ1) is 6.68. The molecule has 1 aromatic rings. The molecule has 1 unspecified atom stereocenters. The maximum atomic E-state index is 13.0. The largest absolute Gasteiger partial charge is 0.381 e. The normalized spacial score (nSPS) is 21.5. The lowest BCUT2D eigenvalue weighted by Crippen LogP contribution is -2.06. The first-order valence-electron chi connectivity index (χ1n) is 4.14. The molecule has 14 heavy (non-hydrogen) atoms. The standard InChI is InChI=1S/C8H7Cl2FN2O/c9-6-5(11)7(10)13-8(12-6)4-1-2-14-3-4/h4H,1-3H2. The monoisotopic (exact) mass is 236 g/mol. The molecule has 1 atom stereocenters. The molecular weight excluding hydrogens is 230 g/mol. The quantitative estimate of drug-likeness (QED) is 0.703. The average molecular weight is 237 g/mol.